The van der Waals surface area contributed by atoms with Crippen molar-refractivity contribution in [3.63, 3.8) is 0 Å². The van der Waals surface area contributed by atoms with Crippen molar-refractivity contribution in [3.05, 3.63) is 39.1 Å². The van der Waals surface area contributed by atoms with Crippen LogP contribution in [0.15, 0.2) is 38.7 Å². The van der Waals surface area contributed by atoms with E-state index in [1.807, 2.05) is 24.3 Å². The molecule has 18 heavy (non-hydrogen) atoms. The van der Waals surface area contributed by atoms with Gasteiger partial charge in [-0.1, -0.05) is 52.8 Å². The zero-order chi connectivity index (χ0) is 13.0. The number of aromatic nitrogens is 3. The van der Waals surface area contributed by atoms with Crippen molar-refractivity contribution >= 4 is 27.7 Å². The standard InChI is InChI=1S/C12H12BrN3OS/c1-2-7-18-12-14-11(17)10(15-16-12)8-5-3-4-6-9(8)13/h3-6H,2,7H2,1H3,(H,14,16,17). The number of thioether (sulfide) groups is 1. The topological polar surface area (TPSA) is 58.6 Å². The van der Waals surface area contributed by atoms with Gasteiger partial charge in [0, 0.05) is 15.8 Å². The van der Waals surface area contributed by atoms with Gasteiger partial charge in [0.1, 0.15) is 0 Å². The summed E-state index contributed by atoms with van der Waals surface area (Å²) in [4.78, 5) is 14.7. The first kappa shape index (κ1) is 13.3. The third-order valence-electron chi connectivity index (χ3n) is 2.25. The van der Waals surface area contributed by atoms with Gasteiger partial charge in [-0.2, -0.15) is 0 Å². The normalized spacial score (nSPS) is 10.6. The maximum Gasteiger partial charge on any atom is 0.278 e. The fraction of sp³-hybridized carbons (Fsp3) is 0.250. The van der Waals surface area contributed by atoms with E-state index in [1.54, 1.807) is 0 Å². The van der Waals surface area contributed by atoms with Crippen LogP contribution in [0.5, 0.6) is 0 Å². The fourth-order valence-electron chi connectivity index (χ4n) is 1.42. The van der Waals surface area contributed by atoms with Crippen molar-refractivity contribution in [2.24, 2.45) is 0 Å². The predicted molar refractivity (Wildman–Crippen MR) is 76.8 cm³/mol. The molecule has 0 spiro atoms. The SMILES string of the molecule is CCCSc1nnc(-c2ccccc2Br)c(=O)[nH]1. The highest BCUT2D eigenvalue weighted by molar-refractivity contribution is 9.10. The van der Waals surface area contributed by atoms with Gasteiger partial charge in [0.2, 0.25) is 0 Å². The Labute approximate surface area is 117 Å². The summed E-state index contributed by atoms with van der Waals surface area (Å²) in [6.45, 7) is 2.08. The minimum absolute atomic E-state index is 0.212. The van der Waals surface area contributed by atoms with Crippen LogP contribution < -0.4 is 5.56 Å². The summed E-state index contributed by atoms with van der Waals surface area (Å²) in [5.74, 6) is 0.916. The van der Waals surface area contributed by atoms with Crippen LogP contribution in [0.3, 0.4) is 0 Å². The molecule has 0 bridgehead atoms. The Kier molecular flexibility index (Phi) is 4.54. The monoisotopic (exact) mass is 325 g/mol. The van der Waals surface area contributed by atoms with E-state index in [2.05, 4.69) is 38.0 Å². The van der Waals surface area contributed by atoms with Crippen LogP contribution in [0.25, 0.3) is 11.3 Å². The van der Waals surface area contributed by atoms with Gasteiger partial charge < -0.3 is 0 Å². The summed E-state index contributed by atoms with van der Waals surface area (Å²) in [7, 11) is 0. The summed E-state index contributed by atoms with van der Waals surface area (Å²) in [5.41, 5.74) is 0.872. The lowest BCUT2D eigenvalue weighted by Gasteiger charge is -2.03. The van der Waals surface area contributed by atoms with Gasteiger partial charge >= 0.3 is 0 Å². The molecule has 0 saturated heterocycles. The van der Waals surface area contributed by atoms with Crippen LogP contribution in [-0.4, -0.2) is 20.9 Å². The van der Waals surface area contributed by atoms with Crippen molar-refractivity contribution in [3.8, 4) is 11.3 Å². The molecule has 6 heteroatoms. The lowest BCUT2D eigenvalue weighted by molar-refractivity contribution is 0.823. The molecule has 2 aromatic rings. The first-order valence-electron chi connectivity index (χ1n) is 5.57. The minimum atomic E-state index is -0.212. The zero-order valence-electron chi connectivity index (χ0n) is 9.81. The molecule has 1 N–H and O–H groups in total. The zero-order valence-corrected chi connectivity index (χ0v) is 12.2. The van der Waals surface area contributed by atoms with Crippen LogP contribution in [0, 0.1) is 0 Å². The number of rotatable bonds is 4. The molecule has 0 unspecified atom stereocenters. The van der Waals surface area contributed by atoms with E-state index in [1.165, 1.54) is 11.8 Å². The Bertz CT molecular complexity index is 600. The number of nitrogens with zero attached hydrogens (tertiary/aromatic N) is 2. The van der Waals surface area contributed by atoms with Crippen LogP contribution in [0.4, 0.5) is 0 Å². The summed E-state index contributed by atoms with van der Waals surface area (Å²) in [6.07, 6.45) is 1.03. The van der Waals surface area contributed by atoms with Gasteiger partial charge in [-0.3, -0.25) is 9.78 Å². The van der Waals surface area contributed by atoms with Crippen molar-refractivity contribution in [1.82, 2.24) is 15.2 Å². The maximum atomic E-state index is 12.0. The molecule has 0 radical (unpaired) electrons. The average molecular weight is 326 g/mol. The third-order valence-corrected chi connectivity index (χ3v) is 4.01. The van der Waals surface area contributed by atoms with E-state index in [-0.39, 0.29) is 5.56 Å². The Hall–Kier alpha value is -1.14. The molecule has 1 aromatic heterocycles. The highest BCUT2D eigenvalue weighted by Crippen LogP contribution is 2.23. The summed E-state index contributed by atoms with van der Waals surface area (Å²) in [5, 5.41) is 8.62. The second-order valence-electron chi connectivity index (χ2n) is 3.64. The highest BCUT2D eigenvalue weighted by atomic mass is 79.9. The molecule has 1 heterocycles. The first-order chi connectivity index (χ1) is 8.72. The number of hydrogen-bond acceptors (Lipinski definition) is 4. The molecule has 0 atom stereocenters. The second kappa shape index (κ2) is 6.15. The Morgan fingerprint density at radius 2 is 2.11 bits per heavy atom. The highest BCUT2D eigenvalue weighted by Gasteiger charge is 2.10. The Morgan fingerprint density at radius 3 is 2.78 bits per heavy atom. The number of H-pyrrole nitrogens is 1. The van der Waals surface area contributed by atoms with Gasteiger partial charge in [0.05, 0.1) is 0 Å². The number of nitrogens with one attached hydrogen (secondary N) is 1. The smallest absolute Gasteiger partial charge is 0.278 e. The Balaban J connectivity index is 2.36. The molecule has 1 aromatic carbocycles. The van der Waals surface area contributed by atoms with E-state index < -0.39 is 0 Å². The van der Waals surface area contributed by atoms with Gasteiger partial charge in [-0.05, 0) is 12.5 Å². The van der Waals surface area contributed by atoms with Crippen molar-refractivity contribution in [2.75, 3.05) is 5.75 Å². The van der Waals surface area contributed by atoms with E-state index >= 15 is 0 Å². The third kappa shape index (κ3) is 3.00. The minimum Gasteiger partial charge on any atom is -0.298 e. The lowest BCUT2D eigenvalue weighted by Crippen LogP contribution is -2.14. The van der Waals surface area contributed by atoms with Crippen LogP contribution in [0.2, 0.25) is 0 Å². The van der Waals surface area contributed by atoms with Gasteiger partial charge in [0.15, 0.2) is 10.9 Å². The summed E-state index contributed by atoms with van der Waals surface area (Å²) < 4.78 is 0.832. The predicted octanol–water partition coefficient (Wildman–Crippen LogP) is 3.10. The molecule has 0 fully saturated rings. The summed E-state index contributed by atoms with van der Waals surface area (Å²) >= 11 is 4.90. The van der Waals surface area contributed by atoms with Crippen molar-refractivity contribution in [2.45, 2.75) is 18.5 Å². The van der Waals surface area contributed by atoms with Crippen molar-refractivity contribution < 1.29 is 0 Å². The second-order valence-corrected chi connectivity index (χ2v) is 5.57. The lowest BCUT2D eigenvalue weighted by atomic mass is 10.2. The van der Waals surface area contributed by atoms with E-state index in [4.69, 9.17) is 0 Å². The van der Waals surface area contributed by atoms with Crippen LogP contribution in [-0.2, 0) is 0 Å². The van der Waals surface area contributed by atoms with E-state index in [0.29, 0.717) is 10.9 Å². The number of halogens is 1. The number of benzene rings is 1. The molecule has 0 saturated carbocycles. The fourth-order valence-corrected chi connectivity index (χ4v) is 2.55. The molecular weight excluding hydrogens is 314 g/mol. The largest absolute Gasteiger partial charge is 0.298 e. The van der Waals surface area contributed by atoms with Crippen LogP contribution >= 0.6 is 27.7 Å². The maximum absolute atomic E-state index is 12.0. The number of aromatic amines is 1. The molecular formula is C12H12BrN3OS. The van der Waals surface area contributed by atoms with E-state index in [9.17, 15) is 4.79 Å². The molecule has 0 aliphatic rings. The molecule has 4 nitrogen and oxygen atoms in total. The van der Waals surface area contributed by atoms with Crippen molar-refractivity contribution in [1.29, 1.82) is 0 Å². The Morgan fingerprint density at radius 1 is 1.33 bits per heavy atom. The first-order valence-corrected chi connectivity index (χ1v) is 7.35. The molecule has 0 aliphatic heterocycles. The van der Waals surface area contributed by atoms with E-state index in [0.717, 1.165) is 22.2 Å². The summed E-state index contributed by atoms with van der Waals surface area (Å²) in [6, 6.07) is 7.46. The van der Waals surface area contributed by atoms with Gasteiger partial charge in [0.25, 0.3) is 5.56 Å². The molecule has 0 amide bonds. The average Bonchev–Trinajstić information content (AvgIpc) is 2.38. The molecule has 0 aliphatic carbocycles. The van der Waals surface area contributed by atoms with Gasteiger partial charge in [-0.15, -0.1) is 10.2 Å². The molecule has 94 valence electrons. The quantitative estimate of drug-likeness (QED) is 0.877. The van der Waals surface area contributed by atoms with Gasteiger partial charge in [-0.25, -0.2) is 0 Å². The van der Waals surface area contributed by atoms with Crippen LogP contribution in [0.1, 0.15) is 13.3 Å². The number of hydrogen-bond donors (Lipinski definition) is 1. The molecule has 2 rings (SSSR count).